The zero-order valence-corrected chi connectivity index (χ0v) is 12.8. The highest BCUT2D eigenvalue weighted by atomic mass is 79.9. The van der Waals surface area contributed by atoms with Crippen molar-refractivity contribution in [2.24, 2.45) is 10.9 Å². The number of nitrogens with two attached hydrogens (primary N) is 1. The summed E-state index contributed by atoms with van der Waals surface area (Å²) in [4.78, 5) is 3.43. The van der Waals surface area contributed by atoms with E-state index in [0.29, 0.717) is 5.56 Å². The summed E-state index contributed by atoms with van der Waals surface area (Å²) in [6, 6.07) is 9.70. The van der Waals surface area contributed by atoms with Gasteiger partial charge in [0.1, 0.15) is 0 Å². The molecule has 6 heteroatoms. The summed E-state index contributed by atoms with van der Waals surface area (Å²) >= 11 is 5.18. The lowest BCUT2D eigenvalue weighted by atomic mass is 10.2. The first kappa shape index (κ1) is 13.9. The van der Waals surface area contributed by atoms with Gasteiger partial charge in [0, 0.05) is 33.0 Å². The molecule has 1 heterocycles. The number of thiophene rings is 1. The maximum absolute atomic E-state index is 8.61. The van der Waals surface area contributed by atoms with E-state index in [0.717, 1.165) is 16.7 Å². The molecule has 100 valence electrons. The molecule has 0 spiro atoms. The van der Waals surface area contributed by atoms with Crippen molar-refractivity contribution in [3.63, 3.8) is 0 Å². The first-order valence-corrected chi connectivity index (χ1v) is 7.29. The highest BCUT2D eigenvalue weighted by Crippen LogP contribution is 2.23. The lowest BCUT2D eigenvalue weighted by Crippen LogP contribution is -2.16. The van der Waals surface area contributed by atoms with Crippen LogP contribution in [-0.4, -0.2) is 18.1 Å². The van der Waals surface area contributed by atoms with Crippen LogP contribution in [0.5, 0.6) is 0 Å². The smallest absolute Gasteiger partial charge is 0.170 e. The van der Waals surface area contributed by atoms with Crippen LogP contribution < -0.4 is 10.6 Å². The first-order chi connectivity index (χ1) is 9.10. The van der Waals surface area contributed by atoms with Crippen molar-refractivity contribution in [2.45, 2.75) is 6.54 Å². The standard InChI is InChI=1S/C13H14BrN3OS/c1-17(7-12-6-10(14)8-19-12)11-4-2-9(3-5-11)13(15)16-18/h2-6,8,18H,7H2,1H3,(H2,15,16). The van der Waals surface area contributed by atoms with Crippen LogP contribution in [0.4, 0.5) is 5.69 Å². The molecule has 0 atom stereocenters. The molecule has 0 saturated carbocycles. The van der Waals surface area contributed by atoms with Crippen LogP contribution in [0.2, 0.25) is 0 Å². The predicted molar refractivity (Wildman–Crippen MR) is 83.1 cm³/mol. The van der Waals surface area contributed by atoms with Gasteiger partial charge in [-0.3, -0.25) is 0 Å². The van der Waals surface area contributed by atoms with Crippen molar-refractivity contribution in [1.82, 2.24) is 0 Å². The van der Waals surface area contributed by atoms with Crippen molar-refractivity contribution in [3.8, 4) is 0 Å². The Hall–Kier alpha value is -1.53. The monoisotopic (exact) mass is 339 g/mol. The molecule has 0 aliphatic heterocycles. The zero-order chi connectivity index (χ0) is 13.8. The Morgan fingerprint density at radius 1 is 1.42 bits per heavy atom. The van der Waals surface area contributed by atoms with E-state index >= 15 is 0 Å². The van der Waals surface area contributed by atoms with Crippen molar-refractivity contribution in [1.29, 1.82) is 0 Å². The number of benzene rings is 1. The number of amidine groups is 1. The minimum Gasteiger partial charge on any atom is -0.409 e. The SMILES string of the molecule is CN(Cc1cc(Br)cs1)c1ccc(C(N)=NO)cc1. The van der Waals surface area contributed by atoms with Gasteiger partial charge < -0.3 is 15.8 Å². The number of hydrogen-bond acceptors (Lipinski definition) is 4. The molecule has 2 aromatic rings. The fraction of sp³-hybridized carbons (Fsp3) is 0.154. The summed E-state index contributed by atoms with van der Waals surface area (Å²) in [5.41, 5.74) is 7.32. The van der Waals surface area contributed by atoms with Gasteiger partial charge in [0.25, 0.3) is 0 Å². The number of rotatable bonds is 4. The lowest BCUT2D eigenvalue weighted by Gasteiger charge is -2.18. The molecule has 1 aromatic heterocycles. The zero-order valence-electron chi connectivity index (χ0n) is 10.4. The Bertz CT molecular complexity index is 580. The molecule has 0 aliphatic carbocycles. The van der Waals surface area contributed by atoms with Gasteiger partial charge in [-0.1, -0.05) is 5.16 Å². The van der Waals surface area contributed by atoms with Crippen LogP contribution in [-0.2, 0) is 6.54 Å². The van der Waals surface area contributed by atoms with Crippen molar-refractivity contribution >= 4 is 38.8 Å². The van der Waals surface area contributed by atoms with Crippen LogP contribution in [0.25, 0.3) is 0 Å². The largest absolute Gasteiger partial charge is 0.409 e. The number of nitrogens with zero attached hydrogens (tertiary/aromatic N) is 2. The number of anilines is 1. The molecule has 19 heavy (non-hydrogen) atoms. The normalized spacial score (nSPS) is 11.6. The van der Waals surface area contributed by atoms with Gasteiger partial charge >= 0.3 is 0 Å². The topological polar surface area (TPSA) is 61.8 Å². The van der Waals surface area contributed by atoms with Crippen LogP contribution >= 0.6 is 27.3 Å². The summed E-state index contributed by atoms with van der Waals surface area (Å²) in [6.45, 7) is 0.846. The lowest BCUT2D eigenvalue weighted by molar-refractivity contribution is 0.318. The molecule has 1 aromatic carbocycles. The van der Waals surface area contributed by atoms with Gasteiger partial charge in [-0.15, -0.1) is 11.3 Å². The first-order valence-electron chi connectivity index (χ1n) is 5.62. The quantitative estimate of drug-likeness (QED) is 0.389. The van der Waals surface area contributed by atoms with Crippen molar-refractivity contribution in [3.05, 3.63) is 50.6 Å². The average molecular weight is 340 g/mol. The number of hydrogen-bond donors (Lipinski definition) is 2. The Labute approximate surface area is 124 Å². The molecule has 2 rings (SSSR count). The Kier molecular flexibility index (Phi) is 4.44. The Morgan fingerprint density at radius 2 is 2.11 bits per heavy atom. The van der Waals surface area contributed by atoms with Gasteiger partial charge in [0.2, 0.25) is 0 Å². The molecule has 0 fully saturated rings. The van der Waals surface area contributed by atoms with Crippen LogP contribution in [0.1, 0.15) is 10.4 Å². The molecular weight excluding hydrogens is 326 g/mol. The fourth-order valence-corrected chi connectivity index (χ4v) is 3.21. The second-order valence-electron chi connectivity index (χ2n) is 4.12. The molecule has 4 nitrogen and oxygen atoms in total. The van der Waals surface area contributed by atoms with E-state index in [1.54, 1.807) is 11.3 Å². The minimum atomic E-state index is 0.122. The average Bonchev–Trinajstić information content (AvgIpc) is 2.83. The van der Waals surface area contributed by atoms with E-state index in [2.05, 4.69) is 37.4 Å². The maximum Gasteiger partial charge on any atom is 0.170 e. The third-order valence-electron chi connectivity index (χ3n) is 2.73. The van der Waals surface area contributed by atoms with Gasteiger partial charge in [-0.2, -0.15) is 0 Å². The maximum atomic E-state index is 8.61. The minimum absolute atomic E-state index is 0.122. The summed E-state index contributed by atoms with van der Waals surface area (Å²) in [6.07, 6.45) is 0. The Morgan fingerprint density at radius 3 is 2.63 bits per heavy atom. The van der Waals surface area contributed by atoms with Gasteiger partial charge in [0.15, 0.2) is 5.84 Å². The van der Waals surface area contributed by atoms with Crippen LogP contribution in [0, 0.1) is 0 Å². The van der Waals surface area contributed by atoms with Crippen molar-refractivity contribution in [2.75, 3.05) is 11.9 Å². The molecule has 0 bridgehead atoms. The molecule has 0 unspecified atom stereocenters. The number of oxime groups is 1. The second kappa shape index (κ2) is 6.08. The molecular formula is C13H14BrN3OS. The van der Waals surface area contributed by atoms with Gasteiger partial charge in [0.05, 0.1) is 6.54 Å². The second-order valence-corrected chi connectivity index (χ2v) is 6.03. The molecule has 0 saturated heterocycles. The summed E-state index contributed by atoms with van der Waals surface area (Å²) in [5.74, 6) is 0.122. The van der Waals surface area contributed by atoms with E-state index in [1.807, 2.05) is 31.3 Å². The van der Waals surface area contributed by atoms with Gasteiger partial charge in [-0.05, 0) is 46.3 Å². The van der Waals surface area contributed by atoms with Crippen molar-refractivity contribution < 1.29 is 5.21 Å². The van der Waals surface area contributed by atoms with E-state index < -0.39 is 0 Å². The third kappa shape index (κ3) is 3.48. The Balaban J connectivity index is 2.09. The summed E-state index contributed by atoms with van der Waals surface area (Å²) in [7, 11) is 2.03. The van der Waals surface area contributed by atoms with E-state index in [4.69, 9.17) is 10.9 Å². The molecule has 0 amide bonds. The number of halogens is 1. The molecule has 0 aliphatic rings. The predicted octanol–water partition coefficient (Wildman–Crippen LogP) is 3.24. The van der Waals surface area contributed by atoms with E-state index in [-0.39, 0.29) is 5.84 Å². The van der Waals surface area contributed by atoms with Crippen LogP contribution in [0.3, 0.4) is 0 Å². The third-order valence-corrected chi connectivity index (χ3v) is 4.41. The van der Waals surface area contributed by atoms with Gasteiger partial charge in [-0.25, -0.2) is 0 Å². The molecule has 3 N–H and O–H groups in total. The van der Waals surface area contributed by atoms with Crippen LogP contribution in [0.15, 0.2) is 45.3 Å². The van der Waals surface area contributed by atoms with E-state index in [1.165, 1.54) is 4.88 Å². The van der Waals surface area contributed by atoms with E-state index in [9.17, 15) is 0 Å². The highest BCUT2D eigenvalue weighted by molar-refractivity contribution is 9.10. The summed E-state index contributed by atoms with van der Waals surface area (Å²) in [5, 5.41) is 13.7. The summed E-state index contributed by atoms with van der Waals surface area (Å²) < 4.78 is 1.11. The highest BCUT2D eigenvalue weighted by Gasteiger charge is 2.05. The molecule has 0 radical (unpaired) electrons. The fourth-order valence-electron chi connectivity index (χ4n) is 1.71.